The Kier molecular flexibility index (Phi) is 8.54. The molecule has 2 atom stereocenters. The summed E-state index contributed by atoms with van der Waals surface area (Å²) in [5.41, 5.74) is 0. The maximum Gasteiger partial charge on any atom is 0.0623 e. The van der Waals surface area contributed by atoms with Crippen molar-refractivity contribution in [1.82, 2.24) is 10.2 Å². The minimum atomic E-state index is 0.489. The fourth-order valence-electron chi connectivity index (χ4n) is 2.33. The van der Waals surface area contributed by atoms with Gasteiger partial charge in [0.2, 0.25) is 0 Å². The van der Waals surface area contributed by atoms with Crippen molar-refractivity contribution in [3.8, 4) is 0 Å². The molecule has 2 unspecified atom stereocenters. The minimum Gasteiger partial charge on any atom is -0.383 e. The van der Waals surface area contributed by atoms with Crippen molar-refractivity contribution in [2.45, 2.75) is 13.0 Å². The summed E-state index contributed by atoms with van der Waals surface area (Å²) in [7, 11) is 3.49. The molecule has 1 rings (SSSR count). The van der Waals surface area contributed by atoms with E-state index in [4.69, 9.17) is 14.2 Å². The van der Waals surface area contributed by atoms with Crippen LogP contribution in [-0.4, -0.2) is 77.8 Å². The summed E-state index contributed by atoms with van der Waals surface area (Å²) in [5, 5.41) is 3.50. The molecule has 0 aromatic carbocycles. The third kappa shape index (κ3) is 5.63. The van der Waals surface area contributed by atoms with Gasteiger partial charge in [0.05, 0.1) is 26.4 Å². The molecule has 5 nitrogen and oxygen atoms in total. The topological polar surface area (TPSA) is 43.0 Å². The SMILES string of the molecule is CCNC1COCC1CN(CCOC)CCOC. The van der Waals surface area contributed by atoms with E-state index in [1.54, 1.807) is 14.2 Å². The van der Waals surface area contributed by atoms with Gasteiger partial charge in [0.1, 0.15) is 0 Å². The molecule has 5 heteroatoms. The van der Waals surface area contributed by atoms with Crippen LogP contribution in [0, 0.1) is 5.92 Å². The number of rotatable bonds is 10. The second-order valence-electron chi connectivity index (χ2n) is 4.75. The lowest BCUT2D eigenvalue weighted by atomic mass is 10.0. The van der Waals surface area contributed by atoms with Gasteiger partial charge in [0, 0.05) is 45.8 Å². The largest absolute Gasteiger partial charge is 0.383 e. The Balaban J connectivity index is 2.36. The highest BCUT2D eigenvalue weighted by atomic mass is 16.5. The lowest BCUT2D eigenvalue weighted by molar-refractivity contribution is 0.0981. The van der Waals surface area contributed by atoms with Crippen LogP contribution in [0.4, 0.5) is 0 Å². The van der Waals surface area contributed by atoms with Crippen molar-refractivity contribution in [2.75, 3.05) is 66.8 Å². The molecule has 0 aliphatic carbocycles. The molecule has 0 bridgehead atoms. The molecule has 1 aliphatic heterocycles. The highest BCUT2D eigenvalue weighted by molar-refractivity contribution is 4.83. The molecular formula is C13H28N2O3. The van der Waals surface area contributed by atoms with E-state index in [2.05, 4.69) is 17.1 Å². The van der Waals surface area contributed by atoms with E-state index in [0.717, 1.165) is 52.6 Å². The predicted octanol–water partition coefficient (Wildman–Crippen LogP) is 0.206. The van der Waals surface area contributed by atoms with E-state index in [9.17, 15) is 0 Å². The molecule has 1 fully saturated rings. The molecular weight excluding hydrogens is 232 g/mol. The molecule has 1 saturated heterocycles. The summed E-state index contributed by atoms with van der Waals surface area (Å²) < 4.78 is 15.9. The van der Waals surface area contributed by atoms with Crippen LogP contribution in [-0.2, 0) is 14.2 Å². The van der Waals surface area contributed by atoms with Crippen molar-refractivity contribution in [1.29, 1.82) is 0 Å². The van der Waals surface area contributed by atoms with Crippen LogP contribution in [0.3, 0.4) is 0 Å². The van der Waals surface area contributed by atoms with Crippen LogP contribution in [0.1, 0.15) is 6.92 Å². The molecule has 18 heavy (non-hydrogen) atoms. The fourth-order valence-corrected chi connectivity index (χ4v) is 2.33. The van der Waals surface area contributed by atoms with Gasteiger partial charge < -0.3 is 19.5 Å². The van der Waals surface area contributed by atoms with E-state index in [-0.39, 0.29) is 0 Å². The van der Waals surface area contributed by atoms with Crippen LogP contribution < -0.4 is 5.32 Å². The fraction of sp³-hybridized carbons (Fsp3) is 1.00. The second-order valence-corrected chi connectivity index (χ2v) is 4.75. The molecule has 0 amide bonds. The zero-order valence-corrected chi connectivity index (χ0v) is 12.0. The summed E-state index contributed by atoms with van der Waals surface area (Å²) >= 11 is 0. The van der Waals surface area contributed by atoms with Crippen molar-refractivity contribution in [3.63, 3.8) is 0 Å². The van der Waals surface area contributed by atoms with Crippen LogP contribution in [0.5, 0.6) is 0 Å². The van der Waals surface area contributed by atoms with Gasteiger partial charge in [-0.05, 0) is 6.54 Å². The summed E-state index contributed by atoms with van der Waals surface area (Å²) in [4.78, 5) is 2.40. The van der Waals surface area contributed by atoms with Crippen molar-refractivity contribution >= 4 is 0 Å². The van der Waals surface area contributed by atoms with Gasteiger partial charge in [-0.2, -0.15) is 0 Å². The Labute approximate surface area is 111 Å². The molecule has 1 heterocycles. The number of hydrogen-bond donors (Lipinski definition) is 1. The Morgan fingerprint density at radius 1 is 1.17 bits per heavy atom. The van der Waals surface area contributed by atoms with Gasteiger partial charge in [-0.15, -0.1) is 0 Å². The average Bonchev–Trinajstić information content (AvgIpc) is 2.80. The summed E-state index contributed by atoms with van der Waals surface area (Å²) in [6.45, 7) is 9.32. The van der Waals surface area contributed by atoms with Crippen molar-refractivity contribution < 1.29 is 14.2 Å². The van der Waals surface area contributed by atoms with Crippen molar-refractivity contribution in [2.24, 2.45) is 5.92 Å². The third-order valence-corrected chi connectivity index (χ3v) is 3.38. The van der Waals surface area contributed by atoms with E-state index in [1.807, 2.05) is 0 Å². The zero-order chi connectivity index (χ0) is 13.2. The summed E-state index contributed by atoms with van der Waals surface area (Å²) in [5.74, 6) is 0.568. The zero-order valence-electron chi connectivity index (χ0n) is 12.0. The summed E-state index contributed by atoms with van der Waals surface area (Å²) in [6, 6.07) is 0.489. The maximum atomic E-state index is 5.58. The van der Waals surface area contributed by atoms with Crippen LogP contribution in [0.15, 0.2) is 0 Å². The highest BCUT2D eigenvalue weighted by Crippen LogP contribution is 2.15. The third-order valence-electron chi connectivity index (χ3n) is 3.38. The molecule has 1 aliphatic rings. The van der Waals surface area contributed by atoms with Crippen LogP contribution >= 0.6 is 0 Å². The molecule has 0 aromatic heterocycles. The number of likely N-dealkylation sites (N-methyl/N-ethyl adjacent to an activating group) is 1. The van der Waals surface area contributed by atoms with E-state index in [0.29, 0.717) is 12.0 Å². The molecule has 108 valence electrons. The van der Waals surface area contributed by atoms with Gasteiger partial charge in [0.25, 0.3) is 0 Å². The first-order chi connectivity index (χ1) is 8.81. The molecule has 1 N–H and O–H groups in total. The van der Waals surface area contributed by atoms with E-state index in [1.165, 1.54) is 0 Å². The van der Waals surface area contributed by atoms with Gasteiger partial charge in [-0.1, -0.05) is 6.92 Å². The van der Waals surface area contributed by atoms with Crippen LogP contribution in [0.25, 0.3) is 0 Å². The number of ether oxygens (including phenoxy) is 3. The average molecular weight is 260 g/mol. The summed E-state index contributed by atoms with van der Waals surface area (Å²) in [6.07, 6.45) is 0. The normalized spacial score (nSPS) is 24.0. The standard InChI is InChI=1S/C13H28N2O3/c1-4-14-13-11-18-10-12(13)9-15(5-7-16-2)6-8-17-3/h12-14H,4-11H2,1-3H3. The van der Waals surface area contributed by atoms with Crippen LogP contribution in [0.2, 0.25) is 0 Å². The first-order valence-corrected chi connectivity index (χ1v) is 6.83. The van der Waals surface area contributed by atoms with E-state index >= 15 is 0 Å². The minimum absolute atomic E-state index is 0.489. The molecule has 0 aromatic rings. The van der Waals surface area contributed by atoms with Crippen molar-refractivity contribution in [3.05, 3.63) is 0 Å². The Morgan fingerprint density at radius 3 is 2.39 bits per heavy atom. The molecule has 0 saturated carbocycles. The number of nitrogens with one attached hydrogen (secondary N) is 1. The smallest absolute Gasteiger partial charge is 0.0623 e. The lowest BCUT2D eigenvalue weighted by Gasteiger charge is -2.27. The first kappa shape index (κ1) is 15.9. The maximum absolute atomic E-state index is 5.58. The van der Waals surface area contributed by atoms with Gasteiger partial charge in [0.15, 0.2) is 0 Å². The number of hydrogen-bond acceptors (Lipinski definition) is 5. The second kappa shape index (κ2) is 9.69. The number of nitrogens with zero attached hydrogens (tertiary/aromatic N) is 1. The first-order valence-electron chi connectivity index (χ1n) is 6.83. The Bertz CT molecular complexity index is 197. The van der Waals surface area contributed by atoms with Gasteiger partial charge in [-0.25, -0.2) is 0 Å². The predicted molar refractivity (Wildman–Crippen MR) is 72.0 cm³/mol. The van der Waals surface area contributed by atoms with Gasteiger partial charge >= 0.3 is 0 Å². The Morgan fingerprint density at radius 2 is 1.83 bits per heavy atom. The Hall–Kier alpha value is -0.200. The lowest BCUT2D eigenvalue weighted by Crippen LogP contribution is -2.43. The monoisotopic (exact) mass is 260 g/mol. The van der Waals surface area contributed by atoms with Gasteiger partial charge in [-0.3, -0.25) is 4.90 Å². The quantitative estimate of drug-likeness (QED) is 0.608. The highest BCUT2D eigenvalue weighted by Gasteiger charge is 2.28. The number of methoxy groups -OCH3 is 2. The molecule has 0 spiro atoms. The van der Waals surface area contributed by atoms with E-state index < -0.39 is 0 Å². The molecule has 0 radical (unpaired) electrons.